The van der Waals surface area contributed by atoms with Crippen LogP contribution in [0.2, 0.25) is 5.02 Å². The Labute approximate surface area is 133 Å². The van der Waals surface area contributed by atoms with Crippen molar-refractivity contribution in [3.05, 3.63) is 34.3 Å². The predicted octanol–water partition coefficient (Wildman–Crippen LogP) is 3.86. The van der Waals surface area contributed by atoms with E-state index < -0.39 is 0 Å². The highest BCUT2D eigenvalue weighted by Crippen LogP contribution is 2.33. The SMILES string of the molecule is COc1ccc(-c2nc(C(=O)NCC(C)C)cs2)c(Cl)c1. The predicted molar refractivity (Wildman–Crippen MR) is 86.3 cm³/mol. The highest BCUT2D eigenvalue weighted by atomic mass is 35.5. The lowest BCUT2D eigenvalue weighted by molar-refractivity contribution is 0.0945. The molecule has 0 atom stereocenters. The van der Waals surface area contributed by atoms with E-state index in [9.17, 15) is 4.79 Å². The van der Waals surface area contributed by atoms with E-state index >= 15 is 0 Å². The molecule has 1 heterocycles. The zero-order valence-electron chi connectivity index (χ0n) is 12.1. The molecule has 0 aliphatic heterocycles. The van der Waals surface area contributed by atoms with Crippen molar-refractivity contribution in [1.82, 2.24) is 10.3 Å². The van der Waals surface area contributed by atoms with Gasteiger partial charge in [0, 0.05) is 17.5 Å². The van der Waals surface area contributed by atoms with Crippen LogP contribution >= 0.6 is 22.9 Å². The van der Waals surface area contributed by atoms with Crippen LogP contribution in [0, 0.1) is 5.92 Å². The second-order valence-corrected chi connectivity index (χ2v) is 6.25. The van der Waals surface area contributed by atoms with Gasteiger partial charge in [0.15, 0.2) is 0 Å². The first-order chi connectivity index (χ1) is 10.0. The maximum atomic E-state index is 12.0. The summed E-state index contributed by atoms with van der Waals surface area (Å²) in [4.78, 5) is 16.3. The number of methoxy groups -OCH3 is 1. The molecule has 0 fully saturated rings. The smallest absolute Gasteiger partial charge is 0.270 e. The van der Waals surface area contributed by atoms with Crippen molar-refractivity contribution >= 4 is 28.8 Å². The van der Waals surface area contributed by atoms with Gasteiger partial charge in [-0.2, -0.15) is 0 Å². The van der Waals surface area contributed by atoms with Gasteiger partial charge in [-0.25, -0.2) is 4.98 Å². The van der Waals surface area contributed by atoms with E-state index in [1.54, 1.807) is 18.6 Å². The number of carbonyl (C=O) groups excluding carboxylic acids is 1. The van der Waals surface area contributed by atoms with Crippen LogP contribution in [0.5, 0.6) is 5.75 Å². The first-order valence-corrected chi connectivity index (χ1v) is 7.84. The van der Waals surface area contributed by atoms with E-state index in [0.717, 1.165) is 10.6 Å². The van der Waals surface area contributed by atoms with Gasteiger partial charge in [-0.15, -0.1) is 11.3 Å². The molecule has 0 aliphatic rings. The largest absolute Gasteiger partial charge is 0.497 e. The Hall–Kier alpha value is -1.59. The molecule has 112 valence electrons. The number of carbonyl (C=O) groups is 1. The van der Waals surface area contributed by atoms with Gasteiger partial charge in [0.2, 0.25) is 0 Å². The fourth-order valence-corrected chi connectivity index (χ4v) is 2.84. The molecule has 6 heteroatoms. The third-order valence-corrected chi connectivity index (χ3v) is 4.00. The van der Waals surface area contributed by atoms with Gasteiger partial charge in [0.05, 0.1) is 12.1 Å². The number of ether oxygens (including phenoxy) is 1. The number of amides is 1. The summed E-state index contributed by atoms with van der Waals surface area (Å²) in [5.41, 5.74) is 1.22. The number of thiazole rings is 1. The normalized spacial score (nSPS) is 10.7. The Morgan fingerprint density at radius 2 is 2.24 bits per heavy atom. The Morgan fingerprint density at radius 3 is 2.86 bits per heavy atom. The average Bonchev–Trinajstić information content (AvgIpc) is 2.94. The van der Waals surface area contributed by atoms with E-state index in [0.29, 0.717) is 28.9 Å². The van der Waals surface area contributed by atoms with E-state index in [2.05, 4.69) is 10.3 Å². The second kappa shape index (κ2) is 6.91. The molecule has 4 nitrogen and oxygen atoms in total. The van der Waals surface area contributed by atoms with Crippen LogP contribution in [0.4, 0.5) is 0 Å². The van der Waals surface area contributed by atoms with Crippen molar-refractivity contribution in [2.24, 2.45) is 5.92 Å². The molecule has 1 amide bonds. The van der Waals surface area contributed by atoms with E-state index in [1.807, 2.05) is 26.0 Å². The van der Waals surface area contributed by atoms with Crippen LogP contribution in [0.25, 0.3) is 10.6 Å². The van der Waals surface area contributed by atoms with E-state index in [-0.39, 0.29) is 5.91 Å². The number of halogens is 1. The van der Waals surface area contributed by atoms with Gasteiger partial charge in [0.1, 0.15) is 16.5 Å². The van der Waals surface area contributed by atoms with Crippen LogP contribution in [0.3, 0.4) is 0 Å². The molecule has 0 unspecified atom stereocenters. The summed E-state index contributed by atoms with van der Waals surface area (Å²) in [5, 5.41) is 5.86. The minimum Gasteiger partial charge on any atom is -0.497 e. The minimum absolute atomic E-state index is 0.157. The first-order valence-electron chi connectivity index (χ1n) is 6.59. The highest BCUT2D eigenvalue weighted by molar-refractivity contribution is 7.13. The second-order valence-electron chi connectivity index (χ2n) is 4.99. The lowest BCUT2D eigenvalue weighted by Crippen LogP contribution is -2.27. The van der Waals surface area contributed by atoms with Gasteiger partial charge < -0.3 is 10.1 Å². The van der Waals surface area contributed by atoms with Crippen LogP contribution in [-0.2, 0) is 0 Å². The molecule has 1 N–H and O–H groups in total. The summed E-state index contributed by atoms with van der Waals surface area (Å²) in [5.74, 6) is 0.939. The van der Waals surface area contributed by atoms with Gasteiger partial charge in [-0.05, 0) is 24.1 Å². The summed E-state index contributed by atoms with van der Waals surface area (Å²) in [6.07, 6.45) is 0. The molecular weight excluding hydrogens is 308 g/mol. The Kier molecular flexibility index (Phi) is 5.20. The third-order valence-electron chi connectivity index (χ3n) is 2.81. The van der Waals surface area contributed by atoms with Crippen molar-refractivity contribution in [2.45, 2.75) is 13.8 Å². The summed E-state index contributed by atoms with van der Waals surface area (Å²) in [6.45, 7) is 4.72. The molecule has 0 radical (unpaired) electrons. The highest BCUT2D eigenvalue weighted by Gasteiger charge is 2.14. The van der Waals surface area contributed by atoms with Crippen molar-refractivity contribution in [2.75, 3.05) is 13.7 Å². The average molecular weight is 325 g/mol. The third kappa shape index (κ3) is 3.95. The number of nitrogens with one attached hydrogen (secondary N) is 1. The summed E-state index contributed by atoms with van der Waals surface area (Å²) >= 11 is 7.62. The topological polar surface area (TPSA) is 51.2 Å². The van der Waals surface area contributed by atoms with E-state index in [4.69, 9.17) is 16.3 Å². The monoisotopic (exact) mass is 324 g/mol. The van der Waals surface area contributed by atoms with Crippen molar-refractivity contribution in [1.29, 1.82) is 0 Å². The molecule has 1 aromatic heterocycles. The molecule has 2 aromatic rings. The molecule has 0 aliphatic carbocycles. The Morgan fingerprint density at radius 1 is 1.48 bits per heavy atom. The van der Waals surface area contributed by atoms with Gasteiger partial charge in [-0.3, -0.25) is 4.79 Å². The molecule has 21 heavy (non-hydrogen) atoms. The lowest BCUT2D eigenvalue weighted by atomic mass is 10.2. The summed E-state index contributed by atoms with van der Waals surface area (Å²) < 4.78 is 5.12. The molecular formula is C15H17ClN2O2S. The zero-order valence-corrected chi connectivity index (χ0v) is 13.7. The number of hydrogen-bond acceptors (Lipinski definition) is 4. The van der Waals surface area contributed by atoms with E-state index in [1.165, 1.54) is 11.3 Å². The molecule has 0 saturated heterocycles. The Bertz CT molecular complexity index is 640. The van der Waals surface area contributed by atoms with Crippen molar-refractivity contribution < 1.29 is 9.53 Å². The standard InChI is InChI=1S/C15H17ClN2O2S/c1-9(2)7-17-14(19)13-8-21-15(18-13)11-5-4-10(20-3)6-12(11)16/h4-6,8-9H,7H2,1-3H3,(H,17,19). The maximum absolute atomic E-state index is 12.0. The number of aromatic nitrogens is 1. The first kappa shape index (κ1) is 15.8. The van der Waals surface area contributed by atoms with Gasteiger partial charge in [-0.1, -0.05) is 25.4 Å². The molecule has 0 bridgehead atoms. The fraction of sp³-hybridized carbons (Fsp3) is 0.333. The van der Waals surface area contributed by atoms with Crippen LogP contribution in [-0.4, -0.2) is 24.5 Å². The molecule has 2 rings (SSSR count). The van der Waals surface area contributed by atoms with Crippen LogP contribution < -0.4 is 10.1 Å². The lowest BCUT2D eigenvalue weighted by Gasteiger charge is -2.05. The van der Waals surface area contributed by atoms with Crippen LogP contribution in [0.1, 0.15) is 24.3 Å². The molecule has 1 aromatic carbocycles. The molecule has 0 saturated carbocycles. The Balaban J connectivity index is 2.18. The van der Waals surface area contributed by atoms with Crippen molar-refractivity contribution in [3.8, 4) is 16.3 Å². The quantitative estimate of drug-likeness (QED) is 0.908. The van der Waals surface area contributed by atoms with Crippen LogP contribution in [0.15, 0.2) is 23.6 Å². The number of rotatable bonds is 5. The summed E-state index contributed by atoms with van der Waals surface area (Å²) in [6, 6.07) is 5.40. The minimum atomic E-state index is -0.157. The number of nitrogens with zero attached hydrogens (tertiary/aromatic N) is 1. The maximum Gasteiger partial charge on any atom is 0.270 e. The van der Waals surface area contributed by atoms with Gasteiger partial charge >= 0.3 is 0 Å². The number of benzene rings is 1. The number of hydrogen-bond donors (Lipinski definition) is 1. The molecule has 0 spiro atoms. The summed E-state index contributed by atoms with van der Waals surface area (Å²) in [7, 11) is 1.59. The fourth-order valence-electron chi connectivity index (χ4n) is 1.69. The zero-order chi connectivity index (χ0) is 15.4. The van der Waals surface area contributed by atoms with Crippen molar-refractivity contribution in [3.63, 3.8) is 0 Å². The van der Waals surface area contributed by atoms with Gasteiger partial charge in [0.25, 0.3) is 5.91 Å².